The van der Waals surface area contributed by atoms with Gasteiger partial charge in [-0.2, -0.15) is 4.98 Å². The van der Waals surface area contributed by atoms with Crippen LogP contribution in [0.2, 0.25) is 0 Å². The molecule has 0 saturated heterocycles. The molecule has 1 N–H and O–H groups in total. The Morgan fingerprint density at radius 2 is 2.09 bits per heavy atom. The molecule has 0 unspecified atom stereocenters. The number of anilines is 1. The molecule has 2 aromatic rings. The topological polar surface area (TPSA) is 99.4 Å². The number of para-hydroxylation sites is 2. The molecule has 0 radical (unpaired) electrons. The molecule has 0 aliphatic carbocycles. The number of nitrogens with one attached hydrogen (secondary N) is 1. The van der Waals surface area contributed by atoms with Crippen LogP contribution in [0.15, 0.2) is 43.2 Å². The Morgan fingerprint density at radius 3 is 2.73 bits per heavy atom. The predicted octanol–water partition coefficient (Wildman–Crippen LogP) is 2.78. The minimum Gasteiger partial charge on any atom is -0.493 e. The van der Waals surface area contributed by atoms with Crippen LogP contribution in [0.5, 0.6) is 17.4 Å². The molecule has 0 spiro atoms. The van der Waals surface area contributed by atoms with Crippen molar-refractivity contribution in [3.63, 3.8) is 0 Å². The summed E-state index contributed by atoms with van der Waals surface area (Å²) in [5.74, 6) is 0.651. The highest BCUT2D eigenvalue weighted by Gasteiger charge is 2.25. The summed E-state index contributed by atoms with van der Waals surface area (Å²) in [4.78, 5) is 18.4. The van der Waals surface area contributed by atoms with E-state index in [4.69, 9.17) is 9.47 Å². The van der Waals surface area contributed by atoms with Gasteiger partial charge in [0.15, 0.2) is 11.5 Å². The summed E-state index contributed by atoms with van der Waals surface area (Å²) in [5, 5.41) is 14.1. The molecule has 0 atom stereocenters. The van der Waals surface area contributed by atoms with Crippen LogP contribution in [0.3, 0.4) is 0 Å². The average Bonchev–Trinajstić information content (AvgIpc) is 2.53. The summed E-state index contributed by atoms with van der Waals surface area (Å²) < 4.78 is 10.7. The van der Waals surface area contributed by atoms with Crippen molar-refractivity contribution in [2.24, 2.45) is 0 Å². The minimum absolute atomic E-state index is 0.0600. The Bertz CT molecular complexity index is 690. The first-order valence-electron chi connectivity index (χ1n) is 6.32. The number of rotatable bonds is 7. The molecule has 0 aliphatic heterocycles. The van der Waals surface area contributed by atoms with E-state index in [1.165, 1.54) is 13.4 Å². The highest BCUT2D eigenvalue weighted by atomic mass is 16.6. The summed E-state index contributed by atoms with van der Waals surface area (Å²) in [5.41, 5.74) is -0.352. The standard InChI is InChI=1S/C14H14N4O4/c1-3-8-15-13-12(18(19)20)14(17-9-16-13)22-11-7-5-4-6-10(11)21-2/h3-7,9H,1,8H2,2H3,(H,15,16,17). The fourth-order valence-electron chi connectivity index (χ4n) is 1.71. The second-order valence-electron chi connectivity index (χ2n) is 4.06. The van der Waals surface area contributed by atoms with Gasteiger partial charge in [-0.05, 0) is 12.1 Å². The zero-order valence-electron chi connectivity index (χ0n) is 11.9. The number of methoxy groups -OCH3 is 1. The van der Waals surface area contributed by atoms with E-state index in [0.29, 0.717) is 18.0 Å². The third-order valence-electron chi connectivity index (χ3n) is 2.66. The molecule has 2 rings (SSSR count). The van der Waals surface area contributed by atoms with Crippen molar-refractivity contribution in [1.29, 1.82) is 0 Å². The fourth-order valence-corrected chi connectivity index (χ4v) is 1.71. The molecule has 0 fully saturated rings. The van der Waals surface area contributed by atoms with Gasteiger partial charge in [-0.25, -0.2) is 4.98 Å². The molecule has 0 amide bonds. The zero-order chi connectivity index (χ0) is 15.9. The maximum absolute atomic E-state index is 11.3. The molecule has 1 aromatic carbocycles. The van der Waals surface area contributed by atoms with Crippen molar-refractivity contribution in [2.45, 2.75) is 0 Å². The Kier molecular flexibility index (Phi) is 4.86. The summed E-state index contributed by atoms with van der Waals surface area (Å²) >= 11 is 0. The maximum atomic E-state index is 11.3. The summed E-state index contributed by atoms with van der Waals surface area (Å²) in [6.07, 6.45) is 2.75. The van der Waals surface area contributed by atoms with E-state index >= 15 is 0 Å². The number of ether oxygens (including phenoxy) is 2. The van der Waals surface area contributed by atoms with Crippen molar-refractivity contribution < 1.29 is 14.4 Å². The van der Waals surface area contributed by atoms with E-state index in [1.54, 1.807) is 30.3 Å². The van der Waals surface area contributed by atoms with Crippen LogP contribution >= 0.6 is 0 Å². The van der Waals surface area contributed by atoms with Gasteiger partial charge in [-0.3, -0.25) is 10.1 Å². The van der Waals surface area contributed by atoms with Crippen LogP contribution < -0.4 is 14.8 Å². The highest BCUT2D eigenvalue weighted by molar-refractivity contribution is 5.62. The van der Waals surface area contributed by atoms with Crippen molar-refractivity contribution in [3.05, 3.63) is 53.4 Å². The first kappa shape index (κ1) is 15.2. The van der Waals surface area contributed by atoms with Crippen molar-refractivity contribution in [1.82, 2.24) is 9.97 Å². The molecular formula is C14H14N4O4. The van der Waals surface area contributed by atoms with Gasteiger partial charge in [0.1, 0.15) is 6.33 Å². The van der Waals surface area contributed by atoms with E-state index in [9.17, 15) is 10.1 Å². The molecule has 1 heterocycles. The van der Waals surface area contributed by atoms with Gasteiger partial charge in [0.25, 0.3) is 0 Å². The second-order valence-corrected chi connectivity index (χ2v) is 4.06. The van der Waals surface area contributed by atoms with Gasteiger partial charge in [0.05, 0.1) is 12.0 Å². The molecule has 0 saturated carbocycles. The van der Waals surface area contributed by atoms with E-state index < -0.39 is 4.92 Å². The summed E-state index contributed by atoms with van der Waals surface area (Å²) in [7, 11) is 1.48. The fraction of sp³-hybridized carbons (Fsp3) is 0.143. The average molecular weight is 302 g/mol. The number of nitro groups is 1. The quantitative estimate of drug-likeness (QED) is 0.477. The largest absolute Gasteiger partial charge is 0.493 e. The molecule has 1 aromatic heterocycles. The predicted molar refractivity (Wildman–Crippen MR) is 80.4 cm³/mol. The number of benzene rings is 1. The Labute approximate surface area is 126 Å². The highest BCUT2D eigenvalue weighted by Crippen LogP contribution is 2.37. The molecular weight excluding hydrogens is 288 g/mol. The number of hydrogen-bond acceptors (Lipinski definition) is 7. The lowest BCUT2D eigenvalue weighted by Crippen LogP contribution is -2.06. The van der Waals surface area contributed by atoms with E-state index in [2.05, 4.69) is 21.9 Å². The number of aromatic nitrogens is 2. The van der Waals surface area contributed by atoms with E-state index in [0.717, 1.165) is 0 Å². The normalized spacial score (nSPS) is 9.86. The van der Waals surface area contributed by atoms with Gasteiger partial charge in [-0.15, -0.1) is 6.58 Å². The Hall–Kier alpha value is -3.16. The molecule has 22 heavy (non-hydrogen) atoms. The lowest BCUT2D eigenvalue weighted by molar-refractivity contribution is -0.385. The van der Waals surface area contributed by atoms with Crippen LogP contribution in [-0.4, -0.2) is 28.5 Å². The molecule has 114 valence electrons. The van der Waals surface area contributed by atoms with Gasteiger partial charge in [0.2, 0.25) is 5.82 Å². The zero-order valence-corrected chi connectivity index (χ0v) is 11.9. The monoisotopic (exact) mass is 302 g/mol. The van der Waals surface area contributed by atoms with Crippen molar-refractivity contribution >= 4 is 11.5 Å². The smallest absolute Gasteiger partial charge is 0.373 e. The first-order chi connectivity index (χ1) is 10.7. The lowest BCUT2D eigenvalue weighted by Gasteiger charge is -2.10. The van der Waals surface area contributed by atoms with Crippen LogP contribution in [0.25, 0.3) is 0 Å². The van der Waals surface area contributed by atoms with Crippen LogP contribution in [0.4, 0.5) is 11.5 Å². The van der Waals surface area contributed by atoms with Crippen molar-refractivity contribution in [3.8, 4) is 17.4 Å². The van der Waals surface area contributed by atoms with Crippen LogP contribution in [0.1, 0.15) is 0 Å². The van der Waals surface area contributed by atoms with Crippen LogP contribution in [-0.2, 0) is 0 Å². The third kappa shape index (κ3) is 3.29. The summed E-state index contributed by atoms with van der Waals surface area (Å²) in [6, 6.07) is 6.79. The Balaban J connectivity index is 2.42. The summed E-state index contributed by atoms with van der Waals surface area (Å²) in [6.45, 7) is 3.86. The molecule has 0 bridgehead atoms. The lowest BCUT2D eigenvalue weighted by atomic mass is 10.3. The number of nitrogens with zero attached hydrogens (tertiary/aromatic N) is 3. The second kappa shape index (κ2) is 7.02. The minimum atomic E-state index is -0.601. The molecule has 8 nitrogen and oxygen atoms in total. The molecule has 0 aliphatic rings. The van der Waals surface area contributed by atoms with Gasteiger partial charge in [0, 0.05) is 6.54 Å². The van der Waals surface area contributed by atoms with Gasteiger partial charge < -0.3 is 14.8 Å². The molecule has 8 heteroatoms. The number of hydrogen-bond donors (Lipinski definition) is 1. The van der Waals surface area contributed by atoms with Gasteiger partial charge in [-0.1, -0.05) is 18.2 Å². The maximum Gasteiger partial charge on any atom is 0.373 e. The van der Waals surface area contributed by atoms with Gasteiger partial charge >= 0.3 is 11.6 Å². The van der Waals surface area contributed by atoms with Crippen LogP contribution in [0, 0.1) is 10.1 Å². The van der Waals surface area contributed by atoms with E-state index in [-0.39, 0.29) is 17.4 Å². The first-order valence-corrected chi connectivity index (χ1v) is 6.32. The van der Waals surface area contributed by atoms with E-state index in [1.807, 2.05) is 0 Å². The third-order valence-corrected chi connectivity index (χ3v) is 2.66. The Morgan fingerprint density at radius 1 is 1.36 bits per heavy atom. The SMILES string of the molecule is C=CCNc1ncnc(Oc2ccccc2OC)c1[N+](=O)[O-]. The van der Waals surface area contributed by atoms with Crippen molar-refractivity contribution in [2.75, 3.05) is 19.0 Å².